The molecule has 1 heterocycles. The number of carbonyl (C=O) groups is 1. The van der Waals surface area contributed by atoms with Gasteiger partial charge in [0.05, 0.1) is 19.3 Å². The van der Waals surface area contributed by atoms with Crippen LogP contribution in [0, 0.1) is 0 Å². The molecule has 1 rings (SSSR count). The fourth-order valence-electron chi connectivity index (χ4n) is 1.45. The van der Waals surface area contributed by atoms with E-state index in [0.717, 1.165) is 6.42 Å². The summed E-state index contributed by atoms with van der Waals surface area (Å²) in [6.45, 7) is 5.24. The number of ether oxygens (including phenoxy) is 3. The topological polar surface area (TPSA) is 56.8 Å². The number of alkyl carbamates (subject to hydrolysis) is 1. The van der Waals surface area contributed by atoms with Crippen LogP contribution in [-0.4, -0.2) is 44.7 Å². The summed E-state index contributed by atoms with van der Waals surface area (Å²) in [5, 5.41) is 2.68. The van der Waals surface area contributed by atoms with E-state index in [1.165, 1.54) is 0 Å². The summed E-state index contributed by atoms with van der Waals surface area (Å²) in [5.74, 6) is 0. The largest absolute Gasteiger partial charge is 0.447 e. The van der Waals surface area contributed by atoms with E-state index in [1.807, 2.05) is 13.8 Å². The minimum Gasteiger partial charge on any atom is -0.447 e. The summed E-state index contributed by atoms with van der Waals surface area (Å²) in [4.78, 5) is 11.2. The summed E-state index contributed by atoms with van der Waals surface area (Å²) < 4.78 is 15.6. The molecule has 5 heteroatoms. The Labute approximate surface area is 90.1 Å². The molecule has 1 amide bonds. The SMILES string of the molecule is COC1(CNC(=O)OC(C)C)CCOC1. The van der Waals surface area contributed by atoms with Gasteiger partial charge in [-0.3, -0.25) is 0 Å². The molecule has 1 atom stereocenters. The molecule has 1 aliphatic rings. The van der Waals surface area contributed by atoms with Crippen LogP contribution < -0.4 is 5.32 Å². The summed E-state index contributed by atoms with van der Waals surface area (Å²) in [6.07, 6.45) is 0.280. The molecular formula is C10H19NO4. The van der Waals surface area contributed by atoms with Crippen molar-refractivity contribution in [2.45, 2.75) is 32.0 Å². The minimum absolute atomic E-state index is 0.108. The van der Waals surface area contributed by atoms with E-state index in [-0.39, 0.29) is 11.7 Å². The number of hydrogen-bond donors (Lipinski definition) is 1. The first-order valence-electron chi connectivity index (χ1n) is 5.15. The van der Waals surface area contributed by atoms with E-state index in [1.54, 1.807) is 7.11 Å². The number of rotatable bonds is 4. The zero-order valence-electron chi connectivity index (χ0n) is 9.54. The van der Waals surface area contributed by atoms with Gasteiger partial charge in [-0.15, -0.1) is 0 Å². The van der Waals surface area contributed by atoms with Crippen molar-refractivity contribution in [3.8, 4) is 0 Å². The molecule has 1 unspecified atom stereocenters. The van der Waals surface area contributed by atoms with Crippen LogP contribution in [0.1, 0.15) is 20.3 Å². The standard InChI is InChI=1S/C10H19NO4/c1-8(2)15-9(12)11-6-10(13-3)4-5-14-7-10/h8H,4-7H2,1-3H3,(H,11,12). The Hall–Kier alpha value is -0.810. The maximum atomic E-state index is 11.2. The highest BCUT2D eigenvalue weighted by atomic mass is 16.6. The zero-order chi connectivity index (χ0) is 11.3. The number of carbonyl (C=O) groups excluding carboxylic acids is 1. The van der Waals surface area contributed by atoms with Crippen LogP contribution in [0.5, 0.6) is 0 Å². The highest BCUT2D eigenvalue weighted by Gasteiger charge is 2.35. The second-order valence-electron chi connectivity index (χ2n) is 4.00. The molecule has 0 saturated carbocycles. The third kappa shape index (κ3) is 3.68. The molecule has 0 bridgehead atoms. The lowest BCUT2D eigenvalue weighted by Crippen LogP contribution is -2.45. The Morgan fingerprint density at radius 1 is 1.60 bits per heavy atom. The van der Waals surface area contributed by atoms with Gasteiger partial charge in [-0.1, -0.05) is 0 Å². The van der Waals surface area contributed by atoms with E-state index in [9.17, 15) is 4.79 Å². The zero-order valence-corrected chi connectivity index (χ0v) is 9.54. The molecule has 0 aliphatic carbocycles. The molecule has 15 heavy (non-hydrogen) atoms. The number of methoxy groups -OCH3 is 1. The maximum absolute atomic E-state index is 11.2. The fraction of sp³-hybridized carbons (Fsp3) is 0.900. The van der Waals surface area contributed by atoms with Crippen molar-refractivity contribution in [3.63, 3.8) is 0 Å². The summed E-state index contributed by atoms with van der Waals surface area (Å²) in [5.41, 5.74) is -0.379. The highest BCUT2D eigenvalue weighted by Crippen LogP contribution is 2.21. The van der Waals surface area contributed by atoms with Gasteiger partial charge in [0.2, 0.25) is 0 Å². The highest BCUT2D eigenvalue weighted by molar-refractivity contribution is 5.67. The maximum Gasteiger partial charge on any atom is 0.407 e. The van der Waals surface area contributed by atoms with Gasteiger partial charge < -0.3 is 19.5 Å². The summed E-state index contributed by atoms with van der Waals surface area (Å²) in [6, 6.07) is 0. The predicted octanol–water partition coefficient (Wildman–Crippen LogP) is 0.926. The number of nitrogens with one attached hydrogen (secondary N) is 1. The van der Waals surface area contributed by atoms with Gasteiger partial charge in [-0.25, -0.2) is 4.79 Å². The number of amides is 1. The third-order valence-electron chi connectivity index (χ3n) is 2.40. The second-order valence-corrected chi connectivity index (χ2v) is 4.00. The Morgan fingerprint density at radius 2 is 2.33 bits per heavy atom. The van der Waals surface area contributed by atoms with Crippen LogP contribution in [0.4, 0.5) is 4.79 Å². The molecule has 0 aromatic carbocycles. The van der Waals surface area contributed by atoms with Gasteiger partial charge >= 0.3 is 6.09 Å². The van der Waals surface area contributed by atoms with Gasteiger partial charge in [-0.2, -0.15) is 0 Å². The van der Waals surface area contributed by atoms with Crippen molar-refractivity contribution in [2.75, 3.05) is 26.9 Å². The van der Waals surface area contributed by atoms with Crippen LogP contribution in [0.15, 0.2) is 0 Å². The van der Waals surface area contributed by atoms with E-state index < -0.39 is 6.09 Å². The first-order chi connectivity index (χ1) is 7.08. The fourth-order valence-corrected chi connectivity index (χ4v) is 1.45. The second kappa shape index (κ2) is 5.32. The van der Waals surface area contributed by atoms with E-state index in [2.05, 4.69) is 5.32 Å². The predicted molar refractivity (Wildman–Crippen MR) is 54.8 cm³/mol. The van der Waals surface area contributed by atoms with Crippen molar-refractivity contribution >= 4 is 6.09 Å². The Morgan fingerprint density at radius 3 is 2.80 bits per heavy atom. The number of hydrogen-bond acceptors (Lipinski definition) is 4. The Kier molecular flexibility index (Phi) is 4.35. The normalized spacial score (nSPS) is 25.6. The average molecular weight is 217 g/mol. The van der Waals surface area contributed by atoms with E-state index >= 15 is 0 Å². The molecule has 1 aliphatic heterocycles. The molecule has 1 fully saturated rings. The quantitative estimate of drug-likeness (QED) is 0.761. The van der Waals surface area contributed by atoms with Crippen molar-refractivity contribution in [3.05, 3.63) is 0 Å². The third-order valence-corrected chi connectivity index (χ3v) is 2.40. The average Bonchev–Trinajstić information content (AvgIpc) is 2.63. The van der Waals surface area contributed by atoms with E-state index in [0.29, 0.717) is 19.8 Å². The van der Waals surface area contributed by atoms with Crippen molar-refractivity contribution < 1.29 is 19.0 Å². The first kappa shape index (κ1) is 12.3. The molecule has 0 spiro atoms. The van der Waals surface area contributed by atoms with Gasteiger partial charge in [0.25, 0.3) is 0 Å². The van der Waals surface area contributed by atoms with Crippen LogP contribution in [0.3, 0.4) is 0 Å². The van der Waals surface area contributed by atoms with Gasteiger partial charge in [0.15, 0.2) is 0 Å². The van der Waals surface area contributed by atoms with Gasteiger partial charge in [-0.05, 0) is 13.8 Å². The summed E-state index contributed by atoms with van der Waals surface area (Å²) in [7, 11) is 1.63. The molecule has 88 valence electrons. The van der Waals surface area contributed by atoms with Crippen LogP contribution in [0.25, 0.3) is 0 Å². The van der Waals surface area contributed by atoms with Crippen molar-refractivity contribution in [1.82, 2.24) is 5.32 Å². The molecule has 5 nitrogen and oxygen atoms in total. The lowest BCUT2D eigenvalue weighted by Gasteiger charge is -2.25. The van der Waals surface area contributed by atoms with Crippen molar-refractivity contribution in [1.29, 1.82) is 0 Å². The van der Waals surface area contributed by atoms with Crippen LogP contribution in [-0.2, 0) is 14.2 Å². The monoisotopic (exact) mass is 217 g/mol. The molecule has 0 aromatic heterocycles. The lowest BCUT2D eigenvalue weighted by atomic mass is 10.0. The Balaban J connectivity index is 2.31. The van der Waals surface area contributed by atoms with E-state index in [4.69, 9.17) is 14.2 Å². The van der Waals surface area contributed by atoms with Gasteiger partial charge in [0, 0.05) is 20.1 Å². The molecule has 1 saturated heterocycles. The molecule has 0 radical (unpaired) electrons. The van der Waals surface area contributed by atoms with Crippen LogP contribution >= 0.6 is 0 Å². The smallest absolute Gasteiger partial charge is 0.407 e. The Bertz CT molecular complexity index is 211. The molecule has 1 N–H and O–H groups in total. The van der Waals surface area contributed by atoms with Crippen molar-refractivity contribution in [2.24, 2.45) is 0 Å². The van der Waals surface area contributed by atoms with Gasteiger partial charge in [0.1, 0.15) is 5.60 Å². The molecule has 0 aromatic rings. The van der Waals surface area contributed by atoms with Crippen LogP contribution in [0.2, 0.25) is 0 Å². The summed E-state index contributed by atoms with van der Waals surface area (Å²) >= 11 is 0. The first-order valence-corrected chi connectivity index (χ1v) is 5.15. The molecular weight excluding hydrogens is 198 g/mol. The minimum atomic E-state index is -0.409. The lowest BCUT2D eigenvalue weighted by molar-refractivity contribution is -0.0163.